The van der Waals surface area contributed by atoms with Crippen molar-refractivity contribution in [2.75, 3.05) is 19.6 Å². The van der Waals surface area contributed by atoms with E-state index >= 15 is 0 Å². The number of sulfonamides is 1. The molecule has 0 aromatic heterocycles. The van der Waals surface area contributed by atoms with Gasteiger partial charge in [-0.3, -0.25) is 19.7 Å². The van der Waals surface area contributed by atoms with Crippen LogP contribution in [0.25, 0.3) is 0 Å². The Balaban J connectivity index is 1.83. The lowest BCUT2D eigenvalue weighted by Crippen LogP contribution is -2.59. The molecule has 0 spiro atoms. The number of non-ortho nitro benzene ring substituents is 1. The zero-order chi connectivity index (χ0) is 37.2. The summed E-state index contributed by atoms with van der Waals surface area (Å²) in [6.45, 7) is 8.03. The summed E-state index contributed by atoms with van der Waals surface area (Å²) in [5.74, 6) is -2.89. The molecule has 0 saturated heterocycles. The molecule has 0 aliphatic rings. The molecule has 3 aromatic rings. The average Bonchev–Trinajstić information content (AvgIpc) is 3.02. The normalized spacial score (nSPS) is 13.9. The Bertz CT molecular complexity index is 1720. The molecule has 3 aromatic carbocycles. The zero-order valence-electron chi connectivity index (χ0n) is 28.7. The lowest BCUT2D eigenvalue weighted by atomic mass is 9.85. The van der Waals surface area contributed by atoms with E-state index in [0.29, 0.717) is 0 Å². The van der Waals surface area contributed by atoms with Crippen LogP contribution in [0, 0.1) is 33.1 Å². The van der Waals surface area contributed by atoms with Gasteiger partial charge in [-0.25, -0.2) is 17.2 Å². The van der Waals surface area contributed by atoms with Gasteiger partial charge >= 0.3 is 0 Å². The first kappa shape index (κ1) is 40.1. The second kappa shape index (κ2) is 17.6. The zero-order valence-corrected chi connectivity index (χ0v) is 29.5. The van der Waals surface area contributed by atoms with Gasteiger partial charge in [0.2, 0.25) is 21.8 Å². The number of hydrogen-bond donors (Lipinski definition) is 4. The number of halogens is 2. The number of hydrogen-bond acceptors (Lipinski definition) is 8. The smallest absolute Gasteiger partial charge is 0.270 e. The first-order chi connectivity index (χ1) is 23.4. The number of nitro groups is 1. The van der Waals surface area contributed by atoms with Crippen molar-refractivity contribution < 1.29 is 36.8 Å². The van der Waals surface area contributed by atoms with Crippen LogP contribution in [0.1, 0.15) is 45.7 Å². The molecule has 3 atom stereocenters. The Kier molecular flexibility index (Phi) is 14.1. The number of aliphatic hydroxyl groups is 1. The van der Waals surface area contributed by atoms with Crippen LogP contribution in [0.3, 0.4) is 0 Å². The van der Waals surface area contributed by atoms with Gasteiger partial charge < -0.3 is 21.1 Å². The van der Waals surface area contributed by atoms with Crippen LogP contribution in [0.5, 0.6) is 0 Å². The summed E-state index contributed by atoms with van der Waals surface area (Å²) in [4.78, 5) is 37.1. The Morgan fingerprint density at radius 3 is 2.14 bits per heavy atom. The third-order valence-corrected chi connectivity index (χ3v) is 9.51. The van der Waals surface area contributed by atoms with Gasteiger partial charge in [-0.05, 0) is 47.1 Å². The van der Waals surface area contributed by atoms with Crippen molar-refractivity contribution >= 4 is 27.5 Å². The molecule has 0 aliphatic heterocycles. The largest absolute Gasteiger partial charge is 0.390 e. The van der Waals surface area contributed by atoms with Crippen molar-refractivity contribution in [2.24, 2.45) is 11.3 Å². The third-order valence-electron chi connectivity index (χ3n) is 7.69. The monoisotopic (exact) mass is 717 g/mol. The maximum Gasteiger partial charge on any atom is 0.270 e. The molecule has 272 valence electrons. The molecule has 0 radical (unpaired) electrons. The summed E-state index contributed by atoms with van der Waals surface area (Å²) >= 11 is 0. The van der Waals surface area contributed by atoms with Gasteiger partial charge in [-0.15, -0.1) is 0 Å². The van der Waals surface area contributed by atoms with Crippen molar-refractivity contribution in [3.63, 3.8) is 0 Å². The average molecular weight is 718 g/mol. The Labute approximate surface area is 291 Å². The Morgan fingerprint density at radius 2 is 1.56 bits per heavy atom. The first-order valence-corrected chi connectivity index (χ1v) is 17.5. The molecule has 0 heterocycles. The van der Waals surface area contributed by atoms with Crippen LogP contribution >= 0.6 is 0 Å². The van der Waals surface area contributed by atoms with Crippen LogP contribution in [-0.2, 0) is 32.6 Å². The fourth-order valence-corrected chi connectivity index (χ4v) is 6.92. The van der Waals surface area contributed by atoms with E-state index in [1.165, 1.54) is 18.2 Å². The quantitative estimate of drug-likeness (QED) is 0.120. The van der Waals surface area contributed by atoms with E-state index in [0.717, 1.165) is 34.1 Å². The molecule has 3 rings (SSSR count). The highest BCUT2D eigenvalue weighted by molar-refractivity contribution is 7.89. The van der Waals surface area contributed by atoms with Crippen LogP contribution in [0.15, 0.2) is 77.7 Å². The Hall–Kier alpha value is -4.31. The summed E-state index contributed by atoms with van der Waals surface area (Å²) in [5, 5.41) is 31.3. The summed E-state index contributed by atoms with van der Waals surface area (Å²) in [5.41, 5.74) is -0.193. The number of aliphatic hydroxyl groups excluding tert-OH is 1. The van der Waals surface area contributed by atoms with E-state index < -0.39 is 74.2 Å². The van der Waals surface area contributed by atoms with E-state index in [2.05, 4.69) is 16.0 Å². The molecule has 0 saturated carbocycles. The maximum atomic E-state index is 13.8. The number of nitrogens with zero attached hydrogens (tertiary/aromatic N) is 2. The summed E-state index contributed by atoms with van der Waals surface area (Å²) in [6, 6.07) is 14.5. The van der Waals surface area contributed by atoms with Gasteiger partial charge in [0.15, 0.2) is 0 Å². The predicted octanol–water partition coefficient (Wildman–Crippen LogP) is 3.93. The van der Waals surface area contributed by atoms with Crippen LogP contribution < -0.4 is 16.0 Å². The minimum absolute atomic E-state index is 0.00800. The van der Waals surface area contributed by atoms with Crippen molar-refractivity contribution in [1.82, 2.24) is 20.3 Å². The molecular weight excluding hydrogens is 672 g/mol. The van der Waals surface area contributed by atoms with Gasteiger partial charge in [0.1, 0.15) is 17.7 Å². The van der Waals surface area contributed by atoms with E-state index in [1.54, 1.807) is 65.0 Å². The van der Waals surface area contributed by atoms with Gasteiger partial charge in [0.05, 0.1) is 28.5 Å². The highest BCUT2D eigenvalue weighted by atomic mass is 32.2. The lowest BCUT2D eigenvalue weighted by Gasteiger charge is -2.34. The predicted molar refractivity (Wildman–Crippen MR) is 184 cm³/mol. The van der Waals surface area contributed by atoms with Crippen molar-refractivity contribution in [3.8, 4) is 0 Å². The van der Waals surface area contributed by atoms with E-state index in [1.807, 2.05) is 0 Å². The minimum atomic E-state index is -4.32. The molecule has 3 unspecified atom stereocenters. The van der Waals surface area contributed by atoms with Crippen LogP contribution in [-0.4, -0.2) is 72.4 Å². The summed E-state index contributed by atoms with van der Waals surface area (Å²) < 4.78 is 55.7. The van der Waals surface area contributed by atoms with Crippen LogP contribution in [0.2, 0.25) is 0 Å². The van der Waals surface area contributed by atoms with Gasteiger partial charge in [0, 0.05) is 37.8 Å². The standard InChI is InChI=1S/C35H45F2N5O7S/c1-23(2)21-41(50(48,49)29-13-9-12-28(18-29)42(46)47)22-31(43)30(16-24-10-7-6-8-11-24)39-34(45)33(35(3,4)5)40-32(44)20-38-19-25-14-26(36)17-27(37)15-25/h6-15,17-18,23,30-31,33,38,43H,16,19-22H2,1-5H3,(H,39,45)(H,40,44). The van der Waals surface area contributed by atoms with E-state index in [9.17, 15) is 42.0 Å². The van der Waals surface area contributed by atoms with Gasteiger partial charge in [0.25, 0.3) is 5.69 Å². The second-order valence-corrected chi connectivity index (χ2v) is 15.5. The van der Waals surface area contributed by atoms with E-state index in [-0.39, 0.29) is 42.4 Å². The number of nitro benzene ring substituents is 1. The summed E-state index contributed by atoms with van der Waals surface area (Å²) in [7, 11) is -4.32. The molecule has 0 bridgehead atoms. The first-order valence-electron chi connectivity index (χ1n) is 16.1. The Morgan fingerprint density at radius 1 is 0.920 bits per heavy atom. The molecule has 4 N–H and O–H groups in total. The number of nitrogens with one attached hydrogen (secondary N) is 3. The number of carbonyl (C=O) groups excluding carboxylic acids is 2. The topological polar surface area (TPSA) is 171 Å². The molecular formula is C35H45F2N5O7S. The number of rotatable bonds is 17. The lowest BCUT2D eigenvalue weighted by molar-refractivity contribution is -0.385. The summed E-state index contributed by atoms with van der Waals surface area (Å²) in [6.07, 6.45) is -1.34. The number of carbonyl (C=O) groups is 2. The van der Waals surface area contributed by atoms with Gasteiger partial charge in [-0.2, -0.15) is 4.31 Å². The SMILES string of the molecule is CC(C)CN(CC(O)C(Cc1ccccc1)NC(=O)C(NC(=O)CNCc1cc(F)cc(F)c1)C(C)(C)C)S(=O)(=O)c1cccc([N+](=O)[O-])c1. The maximum absolute atomic E-state index is 13.8. The van der Waals surface area contributed by atoms with Crippen molar-refractivity contribution in [2.45, 2.75) is 70.7 Å². The van der Waals surface area contributed by atoms with Gasteiger partial charge in [-0.1, -0.05) is 71.0 Å². The molecule has 50 heavy (non-hydrogen) atoms. The fraction of sp³-hybridized carbons (Fsp3) is 0.429. The molecule has 0 aliphatic carbocycles. The van der Waals surface area contributed by atoms with Crippen LogP contribution in [0.4, 0.5) is 14.5 Å². The van der Waals surface area contributed by atoms with E-state index in [4.69, 9.17) is 0 Å². The molecule has 12 nitrogen and oxygen atoms in total. The molecule has 0 fully saturated rings. The fourth-order valence-electron chi connectivity index (χ4n) is 5.26. The molecule has 15 heteroatoms. The minimum Gasteiger partial charge on any atom is -0.390 e. The highest BCUT2D eigenvalue weighted by Crippen LogP contribution is 2.24. The molecule has 2 amide bonds. The number of benzene rings is 3. The number of amides is 2. The second-order valence-electron chi connectivity index (χ2n) is 13.6. The third kappa shape index (κ3) is 11.9. The van der Waals surface area contributed by atoms with Crippen molar-refractivity contribution in [1.29, 1.82) is 0 Å². The van der Waals surface area contributed by atoms with Crippen molar-refractivity contribution in [3.05, 3.63) is 106 Å². The highest BCUT2D eigenvalue weighted by Gasteiger charge is 2.37.